The second kappa shape index (κ2) is 9.54. The molecule has 5 rings (SSSR count). The molecule has 0 unspecified atom stereocenters. The first-order valence-electron chi connectivity index (χ1n) is 12.0. The standard InChI is InChI=1S/C27H28FN5O2/c1-3-4-18-13-20(23(28)25-24(18)30-16(2)26(34)32-25)15-33-11-9-17(10-12-33)19-5-8-22(29-14-19)27(35)31-21-6-7-21/h3-5,8-9,13-14,21H,6-7,10-12,15H2,1-2H3,(H,31,35)(H,32,34). The van der Waals surface area contributed by atoms with Crippen molar-refractivity contribution in [2.75, 3.05) is 13.1 Å². The van der Waals surface area contributed by atoms with Crippen LogP contribution in [0.4, 0.5) is 4.39 Å². The first kappa shape index (κ1) is 23.1. The van der Waals surface area contributed by atoms with Crippen LogP contribution in [0.3, 0.4) is 0 Å². The maximum absolute atomic E-state index is 15.4. The monoisotopic (exact) mass is 473 g/mol. The maximum Gasteiger partial charge on any atom is 0.270 e. The van der Waals surface area contributed by atoms with Crippen LogP contribution in [0.15, 0.2) is 41.3 Å². The summed E-state index contributed by atoms with van der Waals surface area (Å²) in [6.45, 7) is 5.36. The summed E-state index contributed by atoms with van der Waals surface area (Å²) in [6, 6.07) is 5.83. The van der Waals surface area contributed by atoms with Gasteiger partial charge in [-0.15, -0.1) is 0 Å². The number of hydrogen-bond donors (Lipinski definition) is 2. The van der Waals surface area contributed by atoms with Crippen molar-refractivity contribution >= 4 is 28.6 Å². The van der Waals surface area contributed by atoms with Crippen LogP contribution in [-0.4, -0.2) is 44.9 Å². The summed E-state index contributed by atoms with van der Waals surface area (Å²) >= 11 is 0. The quantitative estimate of drug-likeness (QED) is 0.565. The molecule has 1 aliphatic heterocycles. The molecule has 2 N–H and O–H groups in total. The van der Waals surface area contributed by atoms with E-state index in [-0.39, 0.29) is 17.0 Å². The fourth-order valence-electron chi connectivity index (χ4n) is 4.37. The van der Waals surface area contributed by atoms with Gasteiger partial charge in [-0.05, 0) is 56.4 Å². The Morgan fingerprint density at radius 2 is 2.17 bits per heavy atom. The number of hydrogen-bond acceptors (Lipinski definition) is 5. The van der Waals surface area contributed by atoms with Crippen LogP contribution in [0.2, 0.25) is 0 Å². The highest BCUT2D eigenvalue weighted by molar-refractivity contribution is 5.92. The van der Waals surface area contributed by atoms with Crippen molar-refractivity contribution in [1.29, 1.82) is 0 Å². The van der Waals surface area contributed by atoms with Crippen LogP contribution >= 0.6 is 0 Å². The van der Waals surface area contributed by atoms with Crippen molar-refractivity contribution in [1.82, 2.24) is 25.2 Å². The molecule has 7 nitrogen and oxygen atoms in total. The first-order chi connectivity index (χ1) is 16.9. The molecule has 1 fully saturated rings. The molecule has 2 aromatic heterocycles. The summed E-state index contributed by atoms with van der Waals surface area (Å²) in [5, 5.41) is 2.95. The van der Waals surface area contributed by atoms with Crippen molar-refractivity contribution in [3.8, 4) is 0 Å². The lowest BCUT2D eigenvalue weighted by atomic mass is 10.00. The minimum absolute atomic E-state index is 0.121. The predicted octanol–water partition coefficient (Wildman–Crippen LogP) is 3.98. The van der Waals surface area contributed by atoms with Crippen molar-refractivity contribution in [3.63, 3.8) is 0 Å². The molecule has 2 aliphatic rings. The van der Waals surface area contributed by atoms with E-state index >= 15 is 4.39 Å². The van der Waals surface area contributed by atoms with Crippen LogP contribution in [0.25, 0.3) is 22.7 Å². The van der Waals surface area contributed by atoms with Gasteiger partial charge in [0, 0.05) is 43.0 Å². The Hall–Kier alpha value is -3.65. The number of nitrogens with one attached hydrogen (secondary N) is 2. The van der Waals surface area contributed by atoms with Gasteiger partial charge in [-0.2, -0.15) is 0 Å². The molecule has 0 saturated heterocycles. The van der Waals surface area contributed by atoms with E-state index in [1.807, 2.05) is 31.2 Å². The zero-order valence-electron chi connectivity index (χ0n) is 19.9. The molecule has 180 valence electrons. The summed E-state index contributed by atoms with van der Waals surface area (Å²) in [5.74, 6) is -0.554. The number of aryl methyl sites for hydroxylation is 1. The van der Waals surface area contributed by atoms with Gasteiger partial charge < -0.3 is 10.3 Å². The third-order valence-corrected chi connectivity index (χ3v) is 6.50. The zero-order valence-corrected chi connectivity index (χ0v) is 19.9. The number of carbonyl (C=O) groups is 1. The molecule has 1 amide bonds. The minimum atomic E-state index is -0.433. The van der Waals surface area contributed by atoms with E-state index in [0.717, 1.165) is 36.9 Å². The average Bonchev–Trinajstić information content (AvgIpc) is 3.68. The number of H-pyrrole nitrogens is 1. The van der Waals surface area contributed by atoms with Crippen LogP contribution in [0.5, 0.6) is 0 Å². The lowest BCUT2D eigenvalue weighted by Crippen LogP contribution is -2.29. The van der Waals surface area contributed by atoms with Crippen molar-refractivity contribution < 1.29 is 9.18 Å². The van der Waals surface area contributed by atoms with Gasteiger partial charge in [-0.25, -0.2) is 9.37 Å². The average molecular weight is 474 g/mol. The molecule has 3 heterocycles. The number of amides is 1. The van der Waals surface area contributed by atoms with Crippen LogP contribution in [-0.2, 0) is 6.54 Å². The van der Waals surface area contributed by atoms with E-state index in [9.17, 15) is 9.59 Å². The molecule has 0 radical (unpaired) electrons. The van der Waals surface area contributed by atoms with E-state index in [1.54, 1.807) is 19.2 Å². The smallest absolute Gasteiger partial charge is 0.270 e. The number of aromatic nitrogens is 3. The Morgan fingerprint density at radius 1 is 1.34 bits per heavy atom. The van der Waals surface area contributed by atoms with Gasteiger partial charge in [0.05, 0.1) is 5.52 Å². The van der Waals surface area contributed by atoms with Crippen molar-refractivity contribution in [2.45, 2.75) is 45.7 Å². The van der Waals surface area contributed by atoms with Gasteiger partial charge in [0.15, 0.2) is 5.82 Å². The fourth-order valence-corrected chi connectivity index (χ4v) is 4.37. The lowest BCUT2D eigenvalue weighted by Gasteiger charge is -2.27. The SMILES string of the molecule is CC=Cc1cc(CN2CC=C(c3ccc(C(=O)NC4CC4)nc3)CC2)c(F)c2[nH]c(=O)c(C)nc12. The first-order valence-corrected chi connectivity index (χ1v) is 12.0. The summed E-state index contributed by atoms with van der Waals surface area (Å²) in [5.41, 5.74) is 4.45. The molecule has 0 atom stereocenters. The van der Waals surface area contributed by atoms with Gasteiger partial charge in [0.1, 0.15) is 16.9 Å². The molecule has 0 bridgehead atoms. The zero-order chi connectivity index (χ0) is 24.5. The second-order valence-corrected chi connectivity index (χ2v) is 9.21. The summed E-state index contributed by atoms with van der Waals surface area (Å²) in [6.07, 6.45) is 10.5. The molecular weight excluding hydrogens is 445 g/mol. The minimum Gasteiger partial charge on any atom is -0.348 e. The molecule has 1 saturated carbocycles. The largest absolute Gasteiger partial charge is 0.348 e. The van der Waals surface area contributed by atoms with E-state index < -0.39 is 5.82 Å². The number of aromatic amines is 1. The van der Waals surface area contributed by atoms with Gasteiger partial charge in [0.25, 0.3) is 11.5 Å². The third-order valence-electron chi connectivity index (χ3n) is 6.50. The third kappa shape index (κ3) is 4.93. The number of pyridine rings is 1. The van der Waals surface area contributed by atoms with Crippen LogP contribution in [0, 0.1) is 12.7 Å². The maximum atomic E-state index is 15.4. The second-order valence-electron chi connectivity index (χ2n) is 9.21. The van der Waals surface area contributed by atoms with Crippen LogP contribution in [0.1, 0.15) is 59.1 Å². The number of fused-ring (bicyclic) bond motifs is 1. The number of carbonyl (C=O) groups excluding carboxylic acids is 1. The molecule has 35 heavy (non-hydrogen) atoms. The molecule has 1 aromatic carbocycles. The molecule has 3 aromatic rings. The summed E-state index contributed by atoms with van der Waals surface area (Å²) < 4.78 is 15.4. The van der Waals surface area contributed by atoms with Gasteiger partial charge in [-0.3, -0.25) is 19.5 Å². The van der Waals surface area contributed by atoms with E-state index in [1.165, 1.54) is 5.57 Å². The normalized spacial score (nSPS) is 16.6. The molecule has 1 aliphatic carbocycles. The predicted molar refractivity (Wildman–Crippen MR) is 134 cm³/mol. The van der Waals surface area contributed by atoms with E-state index in [4.69, 9.17) is 0 Å². The van der Waals surface area contributed by atoms with E-state index in [2.05, 4.69) is 31.2 Å². The Balaban J connectivity index is 1.32. The Kier molecular flexibility index (Phi) is 6.30. The van der Waals surface area contributed by atoms with Crippen LogP contribution < -0.4 is 10.9 Å². The van der Waals surface area contributed by atoms with Crippen molar-refractivity contribution in [2.24, 2.45) is 0 Å². The number of nitrogens with zero attached hydrogens (tertiary/aromatic N) is 3. The Bertz CT molecular complexity index is 1400. The van der Waals surface area contributed by atoms with Crippen molar-refractivity contribution in [3.05, 3.63) is 80.8 Å². The lowest BCUT2D eigenvalue weighted by molar-refractivity contribution is 0.0946. The molecule has 0 spiro atoms. The van der Waals surface area contributed by atoms with Gasteiger partial charge in [-0.1, -0.05) is 24.3 Å². The number of allylic oxidation sites excluding steroid dienone is 1. The topological polar surface area (TPSA) is 91.0 Å². The summed E-state index contributed by atoms with van der Waals surface area (Å²) in [4.78, 5) is 37.7. The number of halogens is 1. The highest BCUT2D eigenvalue weighted by atomic mass is 19.1. The summed E-state index contributed by atoms with van der Waals surface area (Å²) in [7, 11) is 0. The highest BCUT2D eigenvalue weighted by Crippen LogP contribution is 2.27. The fraction of sp³-hybridized carbons (Fsp3) is 0.333. The molecule has 8 heteroatoms. The van der Waals surface area contributed by atoms with Gasteiger partial charge >= 0.3 is 0 Å². The Labute approximate surface area is 202 Å². The number of benzene rings is 1. The number of rotatable bonds is 6. The highest BCUT2D eigenvalue weighted by Gasteiger charge is 2.24. The Morgan fingerprint density at radius 3 is 2.83 bits per heavy atom. The van der Waals surface area contributed by atoms with Gasteiger partial charge in [0.2, 0.25) is 0 Å². The van der Waals surface area contributed by atoms with E-state index in [0.29, 0.717) is 41.6 Å². The molecular formula is C27H28FN5O2.